The Labute approximate surface area is 40.7 Å². The summed E-state index contributed by atoms with van der Waals surface area (Å²) in [6.07, 6.45) is 0. The van der Waals surface area contributed by atoms with Crippen LogP contribution >= 0.6 is 12.9 Å². The van der Waals surface area contributed by atoms with E-state index < -0.39 is 0 Å². The minimum Gasteiger partial charge on any atom is -0.367 e. The Bertz CT molecular complexity index is 57.8. The predicted molar refractivity (Wildman–Crippen MR) is 25.9 cm³/mol. The lowest BCUT2D eigenvalue weighted by atomic mass is 11.1. The quantitative estimate of drug-likeness (QED) is 0.133. The SMILES string of the molecule is NC(N)=NOS. The highest BCUT2D eigenvalue weighted by Crippen LogP contribution is 1.73. The van der Waals surface area contributed by atoms with Crippen molar-refractivity contribution in [1.82, 2.24) is 0 Å². The first-order chi connectivity index (χ1) is 2.77. The van der Waals surface area contributed by atoms with Crippen molar-refractivity contribution >= 4 is 18.9 Å². The van der Waals surface area contributed by atoms with E-state index in [1.807, 2.05) is 0 Å². The molecule has 0 aromatic carbocycles. The minimum absolute atomic E-state index is 0.134. The number of rotatable bonds is 1. The maximum Gasteiger partial charge on any atom is 0.229 e. The standard InChI is InChI=1S/CH5N3OS/c2-1(3)4-5-6/h6H,(H4,2,3,4). The second-order valence-electron chi connectivity index (χ2n) is 0.598. The molecule has 0 rings (SSSR count). The van der Waals surface area contributed by atoms with Crippen LogP contribution in [-0.4, -0.2) is 5.96 Å². The molecule has 0 aliphatic rings. The molecule has 5 heteroatoms. The molecule has 0 amide bonds. The fourth-order valence-electron chi connectivity index (χ4n) is 0.0471. The molecular weight excluding hydrogens is 102 g/mol. The van der Waals surface area contributed by atoms with Gasteiger partial charge in [0.05, 0.1) is 12.9 Å². The summed E-state index contributed by atoms with van der Waals surface area (Å²) in [6, 6.07) is 0. The van der Waals surface area contributed by atoms with Gasteiger partial charge in [-0.1, -0.05) is 0 Å². The molecule has 6 heavy (non-hydrogen) atoms. The molecular formula is CH5N3OS. The number of hydrogen-bond acceptors (Lipinski definition) is 3. The fraction of sp³-hybridized carbons (Fsp3) is 0. The number of nitrogens with two attached hydrogens (primary N) is 2. The van der Waals surface area contributed by atoms with Crippen molar-refractivity contribution in [2.45, 2.75) is 0 Å². The summed E-state index contributed by atoms with van der Waals surface area (Å²) in [5.41, 5.74) is 9.51. The lowest BCUT2D eigenvalue weighted by Crippen LogP contribution is -2.22. The van der Waals surface area contributed by atoms with Crippen LogP contribution in [0.2, 0.25) is 0 Å². The average molecular weight is 107 g/mol. The molecule has 0 radical (unpaired) electrons. The van der Waals surface area contributed by atoms with Gasteiger partial charge in [-0.05, 0) is 5.16 Å². The van der Waals surface area contributed by atoms with Gasteiger partial charge in [0.15, 0.2) is 0 Å². The van der Waals surface area contributed by atoms with Crippen molar-refractivity contribution in [2.75, 3.05) is 0 Å². The van der Waals surface area contributed by atoms with Gasteiger partial charge in [0.25, 0.3) is 0 Å². The van der Waals surface area contributed by atoms with E-state index in [9.17, 15) is 0 Å². The van der Waals surface area contributed by atoms with Crippen molar-refractivity contribution in [3.8, 4) is 0 Å². The summed E-state index contributed by atoms with van der Waals surface area (Å²) in [5.74, 6) is -0.134. The molecule has 36 valence electrons. The number of nitrogens with zero attached hydrogens (tertiary/aromatic N) is 1. The van der Waals surface area contributed by atoms with Crippen molar-refractivity contribution in [3.05, 3.63) is 0 Å². The van der Waals surface area contributed by atoms with Crippen LogP contribution in [0, 0.1) is 0 Å². The highest BCUT2D eigenvalue weighted by Gasteiger charge is 1.70. The molecule has 0 aromatic heterocycles. The lowest BCUT2D eigenvalue weighted by molar-refractivity contribution is 0.412. The van der Waals surface area contributed by atoms with Crippen LogP contribution in [0.3, 0.4) is 0 Å². The van der Waals surface area contributed by atoms with Crippen LogP contribution < -0.4 is 11.5 Å². The van der Waals surface area contributed by atoms with E-state index in [-0.39, 0.29) is 5.96 Å². The molecule has 0 aliphatic carbocycles. The summed E-state index contributed by atoms with van der Waals surface area (Å²) in [6.45, 7) is 0. The Kier molecular flexibility index (Phi) is 2.39. The van der Waals surface area contributed by atoms with Crippen LogP contribution in [-0.2, 0) is 4.28 Å². The molecule has 0 saturated carbocycles. The normalized spacial score (nSPS) is 6.83. The molecule has 0 unspecified atom stereocenters. The first-order valence-electron chi connectivity index (χ1n) is 1.17. The highest BCUT2D eigenvalue weighted by atomic mass is 32.1. The van der Waals surface area contributed by atoms with Gasteiger partial charge in [-0.2, -0.15) is 0 Å². The largest absolute Gasteiger partial charge is 0.367 e. The average Bonchev–Trinajstić information content (AvgIpc) is 1.35. The number of oxime groups is 1. The maximum absolute atomic E-state index is 4.76. The second kappa shape index (κ2) is 2.65. The lowest BCUT2D eigenvalue weighted by Gasteiger charge is -1.82. The van der Waals surface area contributed by atoms with E-state index in [4.69, 9.17) is 11.5 Å². The Morgan fingerprint density at radius 1 is 1.67 bits per heavy atom. The third-order valence-electron chi connectivity index (χ3n) is 0.146. The number of hydrogen-bond donors (Lipinski definition) is 3. The van der Waals surface area contributed by atoms with Crippen molar-refractivity contribution in [2.24, 2.45) is 16.6 Å². The van der Waals surface area contributed by atoms with E-state index in [0.29, 0.717) is 0 Å². The minimum atomic E-state index is -0.134. The van der Waals surface area contributed by atoms with Gasteiger partial charge in [0.1, 0.15) is 0 Å². The summed E-state index contributed by atoms with van der Waals surface area (Å²) in [4.78, 5) is 0. The van der Waals surface area contributed by atoms with Crippen LogP contribution in [0.4, 0.5) is 0 Å². The van der Waals surface area contributed by atoms with E-state index in [1.165, 1.54) is 0 Å². The predicted octanol–water partition coefficient (Wildman–Crippen LogP) is -0.964. The number of guanidine groups is 1. The zero-order valence-corrected chi connectivity index (χ0v) is 3.85. The first kappa shape index (κ1) is 5.42. The monoisotopic (exact) mass is 107 g/mol. The molecule has 0 aliphatic heterocycles. The third-order valence-corrected chi connectivity index (χ3v) is 0.228. The van der Waals surface area contributed by atoms with E-state index in [2.05, 4.69) is 22.3 Å². The Morgan fingerprint density at radius 3 is 2.17 bits per heavy atom. The van der Waals surface area contributed by atoms with E-state index >= 15 is 0 Å². The first-order valence-corrected chi connectivity index (χ1v) is 1.53. The molecule has 0 atom stereocenters. The molecule has 4 N–H and O–H groups in total. The Hall–Kier alpha value is -0.580. The van der Waals surface area contributed by atoms with Gasteiger partial charge in [0.2, 0.25) is 5.96 Å². The molecule has 0 bridgehead atoms. The van der Waals surface area contributed by atoms with Gasteiger partial charge >= 0.3 is 0 Å². The van der Waals surface area contributed by atoms with Crippen LogP contribution in [0.5, 0.6) is 0 Å². The van der Waals surface area contributed by atoms with Gasteiger partial charge in [-0.3, -0.25) is 0 Å². The molecule has 0 heterocycles. The highest BCUT2D eigenvalue weighted by molar-refractivity contribution is 7.75. The molecule has 0 fully saturated rings. The van der Waals surface area contributed by atoms with Crippen LogP contribution in [0.1, 0.15) is 0 Å². The summed E-state index contributed by atoms with van der Waals surface area (Å²) in [5, 5.41) is 2.96. The van der Waals surface area contributed by atoms with Gasteiger partial charge in [-0.25, -0.2) is 0 Å². The zero-order valence-electron chi connectivity index (χ0n) is 2.96. The second-order valence-corrected chi connectivity index (χ2v) is 0.761. The van der Waals surface area contributed by atoms with Gasteiger partial charge < -0.3 is 15.8 Å². The summed E-state index contributed by atoms with van der Waals surface area (Å²) < 4.78 is 3.84. The van der Waals surface area contributed by atoms with Gasteiger partial charge in [0, 0.05) is 0 Å². The molecule has 0 saturated heterocycles. The third kappa shape index (κ3) is 3.42. The number of thiol groups is 1. The fourth-order valence-corrected chi connectivity index (χ4v) is 0.141. The van der Waals surface area contributed by atoms with E-state index in [0.717, 1.165) is 0 Å². The van der Waals surface area contributed by atoms with Crippen molar-refractivity contribution < 1.29 is 4.28 Å². The molecule has 0 aromatic rings. The Balaban J connectivity index is 3.14. The topological polar surface area (TPSA) is 73.6 Å². The maximum atomic E-state index is 4.76. The van der Waals surface area contributed by atoms with E-state index in [1.54, 1.807) is 0 Å². The van der Waals surface area contributed by atoms with Gasteiger partial charge in [-0.15, -0.1) is 0 Å². The van der Waals surface area contributed by atoms with Crippen LogP contribution in [0.25, 0.3) is 0 Å². The summed E-state index contributed by atoms with van der Waals surface area (Å²) >= 11 is 3.21. The van der Waals surface area contributed by atoms with Crippen LogP contribution in [0.15, 0.2) is 5.16 Å². The zero-order chi connectivity index (χ0) is 4.99. The molecule has 4 nitrogen and oxygen atoms in total. The van der Waals surface area contributed by atoms with Crippen molar-refractivity contribution in [3.63, 3.8) is 0 Å². The molecule has 0 spiro atoms. The smallest absolute Gasteiger partial charge is 0.229 e. The van der Waals surface area contributed by atoms with Crippen molar-refractivity contribution in [1.29, 1.82) is 0 Å². The Morgan fingerprint density at radius 2 is 2.17 bits per heavy atom. The summed E-state index contributed by atoms with van der Waals surface area (Å²) in [7, 11) is 0.